The van der Waals surface area contributed by atoms with Crippen LogP contribution in [-0.4, -0.2) is 18.5 Å². The van der Waals surface area contributed by atoms with Crippen molar-refractivity contribution < 1.29 is 4.74 Å². The average molecular weight is 237 g/mol. The van der Waals surface area contributed by atoms with Crippen LogP contribution in [0.15, 0.2) is 29.2 Å². The molecule has 0 spiro atoms. The highest BCUT2D eigenvalue weighted by molar-refractivity contribution is 8.00. The summed E-state index contributed by atoms with van der Waals surface area (Å²) in [5.74, 6) is 0. The molecule has 1 fully saturated rings. The first kappa shape index (κ1) is 11.8. The topological polar surface area (TPSA) is 35.2 Å². The molecule has 16 heavy (non-hydrogen) atoms. The van der Waals surface area contributed by atoms with Crippen LogP contribution in [0.1, 0.15) is 25.7 Å². The van der Waals surface area contributed by atoms with Crippen molar-refractivity contribution in [1.82, 2.24) is 0 Å². The Balaban J connectivity index is 1.94. The van der Waals surface area contributed by atoms with Crippen LogP contribution in [-0.2, 0) is 4.74 Å². The van der Waals surface area contributed by atoms with Gasteiger partial charge in [0, 0.05) is 22.9 Å². The van der Waals surface area contributed by atoms with E-state index in [1.165, 1.54) is 24.2 Å². The lowest BCUT2D eigenvalue weighted by Crippen LogP contribution is -2.23. The first-order valence-corrected chi connectivity index (χ1v) is 6.71. The standard InChI is InChI=1S/C13H19NOS/c1-15-11-5-3-7-13(9-11)16-12-6-2-4-10(14)8-12/h2,4,6,8,11,13H,3,5,7,9,14H2,1H3. The van der Waals surface area contributed by atoms with Crippen molar-refractivity contribution in [2.24, 2.45) is 0 Å². The van der Waals surface area contributed by atoms with Gasteiger partial charge in [0.05, 0.1) is 6.10 Å². The van der Waals surface area contributed by atoms with Crippen molar-refractivity contribution in [3.63, 3.8) is 0 Å². The van der Waals surface area contributed by atoms with E-state index >= 15 is 0 Å². The number of nitrogens with two attached hydrogens (primary N) is 1. The maximum atomic E-state index is 5.78. The molecule has 2 atom stereocenters. The first-order valence-electron chi connectivity index (χ1n) is 5.83. The Hall–Kier alpha value is -0.670. The summed E-state index contributed by atoms with van der Waals surface area (Å²) in [7, 11) is 1.82. The number of nitrogen functional groups attached to an aromatic ring is 1. The smallest absolute Gasteiger partial charge is 0.0582 e. The first-order chi connectivity index (χ1) is 7.78. The SMILES string of the molecule is COC1CCCC(Sc2cccc(N)c2)C1. The summed E-state index contributed by atoms with van der Waals surface area (Å²) in [6, 6.07) is 8.15. The molecule has 2 unspecified atom stereocenters. The lowest BCUT2D eigenvalue weighted by Gasteiger charge is -2.27. The zero-order chi connectivity index (χ0) is 11.4. The Morgan fingerprint density at radius 2 is 2.25 bits per heavy atom. The van der Waals surface area contributed by atoms with Crippen molar-refractivity contribution in [2.45, 2.75) is 41.9 Å². The molecule has 2 rings (SSSR count). The van der Waals surface area contributed by atoms with Crippen molar-refractivity contribution >= 4 is 17.4 Å². The molecule has 2 nitrogen and oxygen atoms in total. The molecule has 1 aliphatic carbocycles. The van der Waals surface area contributed by atoms with Gasteiger partial charge >= 0.3 is 0 Å². The Kier molecular flexibility index (Phi) is 4.13. The number of thioether (sulfide) groups is 1. The Morgan fingerprint density at radius 3 is 3.00 bits per heavy atom. The van der Waals surface area contributed by atoms with Gasteiger partial charge in [0.2, 0.25) is 0 Å². The molecule has 0 aromatic heterocycles. The van der Waals surface area contributed by atoms with Crippen molar-refractivity contribution in [1.29, 1.82) is 0 Å². The molecule has 2 N–H and O–H groups in total. The molecule has 1 aliphatic rings. The van der Waals surface area contributed by atoms with E-state index in [0.29, 0.717) is 11.4 Å². The van der Waals surface area contributed by atoms with E-state index in [1.807, 2.05) is 31.0 Å². The van der Waals surface area contributed by atoms with Crippen molar-refractivity contribution in [2.75, 3.05) is 12.8 Å². The van der Waals surface area contributed by atoms with E-state index < -0.39 is 0 Å². The van der Waals surface area contributed by atoms with Gasteiger partial charge in [-0.1, -0.05) is 6.07 Å². The average Bonchev–Trinajstić information content (AvgIpc) is 2.29. The summed E-state index contributed by atoms with van der Waals surface area (Å²) < 4.78 is 5.44. The van der Waals surface area contributed by atoms with Crippen LogP contribution < -0.4 is 5.73 Å². The summed E-state index contributed by atoms with van der Waals surface area (Å²) in [4.78, 5) is 1.28. The number of benzene rings is 1. The molecule has 88 valence electrons. The van der Waals surface area contributed by atoms with Crippen LogP contribution in [0.5, 0.6) is 0 Å². The second-order valence-electron chi connectivity index (χ2n) is 4.34. The molecule has 3 heteroatoms. The highest BCUT2D eigenvalue weighted by Gasteiger charge is 2.22. The van der Waals surface area contributed by atoms with E-state index in [2.05, 4.69) is 12.1 Å². The minimum absolute atomic E-state index is 0.451. The summed E-state index contributed by atoms with van der Waals surface area (Å²) >= 11 is 1.94. The van der Waals surface area contributed by atoms with E-state index in [0.717, 1.165) is 12.1 Å². The fourth-order valence-corrected chi connectivity index (χ4v) is 3.55. The number of hydrogen-bond donors (Lipinski definition) is 1. The number of ether oxygens (including phenoxy) is 1. The Labute approximate surface area is 102 Å². The number of methoxy groups -OCH3 is 1. The minimum atomic E-state index is 0.451. The lowest BCUT2D eigenvalue weighted by molar-refractivity contribution is 0.0730. The Bertz CT molecular complexity index is 342. The second-order valence-corrected chi connectivity index (χ2v) is 5.71. The van der Waals surface area contributed by atoms with Crippen molar-refractivity contribution in [3.05, 3.63) is 24.3 Å². The normalized spacial score (nSPS) is 25.6. The number of anilines is 1. The van der Waals surface area contributed by atoms with E-state index in [-0.39, 0.29) is 0 Å². The van der Waals surface area contributed by atoms with Crippen LogP contribution in [0.4, 0.5) is 5.69 Å². The molecule has 1 saturated carbocycles. The summed E-state index contributed by atoms with van der Waals surface area (Å²) in [6.45, 7) is 0. The molecule has 0 bridgehead atoms. The van der Waals surface area contributed by atoms with Gasteiger partial charge in [-0.05, 0) is 43.9 Å². The second kappa shape index (κ2) is 5.60. The third-order valence-electron chi connectivity index (χ3n) is 3.07. The fourth-order valence-electron chi connectivity index (χ4n) is 2.20. The highest BCUT2D eigenvalue weighted by Crippen LogP contribution is 2.34. The predicted molar refractivity (Wildman–Crippen MR) is 69.8 cm³/mol. The summed E-state index contributed by atoms with van der Waals surface area (Å²) in [6.07, 6.45) is 5.39. The van der Waals surface area contributed by atoms with Crippen LogP contribution in [0.3, 0.4) is 0 Å². The number of rotatable bonds is 3. The van der Waals surface area contributed by atoms with Gasteiger partial charge in [-0.2, -0.15) is 0 Å². The van der Waals surface area contributed by atoms with E-state index in [1.54, 1.807) is 0 Å². The van der Waals surface area contributed by atoms with Gasteiger partial charge in [-0.15, -0.1) is 11.8 Å². The zero-order valence-corrected chi connectivity index (χ0v) is 10.5. The van der Waals surface area contributed by atoms with Crippen LogP contribution in [0.25, 0.3) is 0 Å². The van der Waals surface area contributed by atoms with Gasteiger partial charge in [0.25, 0.3) is 0 Å². The van der Waals surface area contributed by atoms with Gasteiger partial charge in [0.15, 0.2) is 0 Å². The van der Waals surface area contributed by atoms with E-state index in [4.69, 9.17) is 10.5 Å². The quantitative estimate of drug-likeness (QED) is 0.819. The highest BCUT2D eigenvalue weighted by atomic mass is 32.2. The molecule has 0 radical (unpaired) electrons. The van der Waals surface area contributed by atoms with Gasteiger partial charge in [0.1, 0.15) is 0 Å². The molecule has 0 amide bonds. The van der Waals surface area contributed by atoms with Crippen LogP contribution >= 0.6 is 11.8 Å². The summed E-state index contributed by atoms with van der Waals surface area (Å²) in [5, 5.41) is 0.681. The molecule has 0 saturated heterocycles. The monoisotopic (exact) mass is 237 g/mol. The van der Waals surface area contributed by atoms with Gasteiger partial charge in [-0.3, -0.25) is 0 Å². The third-order valence-corrected chi connectivity index (χ3v) is 4.36. The number of hydrogen-bond acceptors (Lipinski definition) is 3. The minimum Gasteiger partial charge on any atom is -0.399 e. The molecule has 0 aliphatic heterocycles. The summed E-state index contributed by atoms with van der Waals surface area (Å²) in [5.41, 5.74) is 6.63. The molecule has 1 aromatic carbocycles. The maximum absolute atomic E-state index is 5.78. The predicted octanol–water partition coefficient (Wildman–Crippen LogP) is 3.32. The third kappa shape index (κ3) is 3.16. The van der Waals surface area contributed by atoms with Crippen LogP contribution in [0, 0.1) is 0 Å². The Morgan fingerprint density at radius 1 is 1.38 bits per heavy atom. The fraction of sp³-hybridized carbons (Fsp3) is 0.538. The lowest BCUT2D eigenvalue weighted by atomic mass is 9.97. The van der Waals surface area contributed by atoms with Crippen LogP contribution in [0.2, 0.25) is 0 Å². The zero-order valence-electron chi connectivity index (χ0n) is 9.69. The largest absolute Gasteiger partial charge is 0.399 e. The van der Waals surface area contributed by atoms with Gasteiger partial charge < -0.3 is 10.5 Å². The van der Waals surface area contributed by atoms with Crippen molar-refractivity contribution in [3.8, 4) is 0 Å². The van der Waals surface area contributed by atoms with E-state index in [9.17, 15) is 0 Å². The maximum Gasteiger partial charge on any atom is 0.0582 e. The molecule has 1 aromatic rings. The molecular formula is C13H19NOS. The molecule has 0 heterocycles. The van der Waals surface area contributed by atoms with Gasteiger partial charge in [-0.25, -0.2) is 0 Å². The molecular weight excluding hydrogens is 218 g/mol.